The predicted octanol–water partition coefficient (Wildman–Crippen LogP) is 4.74. The highest BCUT2D eigenvalue weighted by molar-refractivity contribution is 8.93. The number of benzene rings is 1. The minimum atomic E-state index is 0. The van der Waals surface area contributed by atoms with Crippen LogP contribution in [-0.4, -0.2) is 28.0 Å². The van der Waals surface area contributed by atoms with Crippen LogP contribution in [0.15, 0.2) is 42.6 Å². The molecule has 8 heteroatoms. The number of nitrogens with zero attached hydrogens (tertiary/aromatic N) is 3. The first-order valence-corrected chi connectivity index (χ1v) is 10.1. The second-order valence-electron chi connectivity index (χ2n) is 7.57. The van der Waals surface area contributed by atoms with Crippen LogP contribution in [0.1, 0.15) is 48.8 Å². The number of unbranched alkanes of at least 4 members (excludes halogenated alkanes) is 1. The van der Waals surface area contributed by atoms with Crippen molar-refractivity contribution in [1.29, 1.82) is 0 Å². The minimum absolute atomic E-state index is 0. The number of aromatic nitrogens is 3. The molecule has 0 saturated heterocycles. The van der Waals surface area contributed by atoms with Gasteiger partial charge in [-0.3, -0.25) is 9.88 Å². The standard InChI is InChI=1S/C22H29N5.3BrH/c1-26-19-11-3-2-10-18(19)25-21(26)16-27(15-5-4-13-23)20-12-6-8-17-9-7-14-24-22(17)20;;;/h2-3,7,9-11,14,20H,4-6,8,12-13,15-16,23H2,1H3;3*1H/p+1. The van der Waals surface area contributed by atoms with Crippen LogP contribution < -0.4 is 10.3 Å². The number of fused-ring (bicyclic) bond motifs is 2. The zero-order valence-electron chi connectivity index (χ0n) is 17.4. The van der Waals surface area contributed by atoms with E-state index in [9.17, 15) is 0 Å². The van der Waals surface area contributed by atoms with E-state index < -0.39 is 0 Å². The smallest absolute Gasteiger partial charge is 0.269 e. The van der Waals surface area contributed by atoms with Gasteiger partial charge in [0.2, 0.25) is 0 Å². The largest absolute Gasteiger partial charge is 0.330 e. The van der Waals surface area contributed by atoms with E-state index in [0.29, 0.717) is 6.04 Å². The number of hydrogen-bond donors (Lipinski definition) is 2. The average Bonchev–Trinajstić information content (AvgIpc) is 3.03. The number of para-hydroxylation sites is 2. The van der Waals surface area contributed by atoms with Gasteiger partial charge in [0, 0.05) is 6.20 Å². The number of hydrogen-bond acceptors (Lipinski definition) is 3. The number of aryl methyl sites for hydroxylation is 2. The third-order valence-electron chi connectivity index (χ3n) is 5.81. The molecule has 2 aromatic heterocycles. The summed E-state index contributed by atoms with van der Waals surface area (Å²) in [5.41, 5.74) is 10.9. The molecular weight excluding hydrogens is 574 g/mol. The van der Waals surface area contributed by atoms with E-state index in [1.54, 1.807) is 0 Å². The first-order chi connectivity index (χ1) is 13.3. The van der Waals surface area contributed by atoms with Gasteiger partial charge in [-0.05, 0) is 69.0 Å². The van der Waals surface area contributed by atoms with Crippen molar-refractivity contribution in [2.75, 3.05) is 13.1 Å². The summed E-state index contributed by atoms with van der Waals surface area (Å²) in [5, 5.41) is 0. The SMILES string of the molecule is Br.Br.Br.C[n+]1c(CN(CCCCN)C2CCCc3cccnc32)[nH]c2ccccc21. The summed E-state index contributed by atoms with van der Waals surface area (Å²) in [6, 6.07) is 13.2. The number of nitrogens with two attached hydrogens (primary N) is 1. The predicted molar refractivity (Wildman–Crippen MR) is 139 cm³/mol. The second-order valence-corrected chi connectivity index (χ2v) is 7.57. The van der Waals surface area contributed by atoms with Gasteiger partial charge in [-0.25, -0.2) is 9.55 Å². The molecule has 1 aliphatic rings. The Hall–Kier alpha value is -0.800. The molecule has 0 bridgehead atoms. The lowest BCUT2D eigenvalue weighted by Crippen LogP contribution is -2.39. The van der Waals surface area contributed by atoms with Crippen molar-refractivity contribution in [3.8, 4) is 0 Å². The molecule has 3 aromatic rings. The molecule has 0 spiro atoms. The van der Waals surface area contributed by atoms with Crippen molar-refractivity contribution >= 4 is 62.0 Å². The summed E-state index contributed by atoms with van der Waals surface area (Å²) in [6.45, 7) is 2.71. The van der Waals surface area contributed by atoms with E-state index in [1.165, 1.54) is 41.0 Å². The van der Waals surface area contributed by atoms with Crippen LogP contribution in [0.3, 0.4) is 0 Å². The Balaban J connectivity index is 0.00000150. The minimum Gasteiger partial charge on any atom is -0.330 e. The molecule has 0 aliphatic heterocycles. The van der Waals surface area contributed by atoms with Gasteiger partial charge in [-0.1, -0.05) is 18.2 Å². The zero-order chi connectivity index (χ0) is 18.6. The van der Waals surface area contributed by atoms with Crippen molar-refractivity contribution in [2.45, 2.75) is 44.7 Å². The molecule has 0 radical (unpaired) electrons. The Morgan fingerprint density at radius 1 is 1.13 bits per heavy atom. The number of imidazole rings is 1. The fourth-order valence-corrected chi connectivity index (χ4v) is 4.34. The Labute approximate surface area is 210 Å². The Morgan fingerprint density at radius 2 is 1.93 bits per heavy atom. The highest BCUT2D eigenvalue weighted by atomic mass is 79.9. The zero-order valence-corrected chi connectivity index (χ0v) is 22.6. The quantitative estimate of drug-likeness (QED) is 0.302. The molecule has 2 heterocycles. The van der Waals surface area contributed by atoms with Crippen molar-refractivity contribution in [3.63, 3.8) is 0 Å². The summed E-state index contributed by atoms with van der Waals surface area (Å²) in [6.07, 6.45) is 7.69. The van der Waals surface area contributed by atoms with Crippen molar-refractivity contribution < 1.29 is 4.57 Å². The average molecular weight is 607 g/mol. The molecule has 30 heavy (non-hydrogen) atoms. The van der Waals surface area contributed by atoms with Crippen LogP contribution in [-0.2, 0) is 20.0 Å². The lowest BCUT2D eigenvalue weighted by molar-refractivity contribution is -0.654. The molecule has 1 atom stereocenters. The first-order valence-electron chi connectivity index (χ1n) is 10.1. The number of pyridine rings is 1. The van der Waals surface area contributed by atoms with Gasteiger partial charge in [-0.15, -0.1) is 50.9 Å². The van der Waals surface area contributed by atoms with E-state index >= 15 is 0 Å². The molecule has 3 N–H and O–H groups in total. The van der Waals surface area contributed by atoms with Gasteiger partial charge in [0.15, 0.2) is 11.0 Å². The molecule has 1 aliphatic carbocycles. The molecular formula is C22H33Br3N5+. The van der Waals surface area contributed by atoms with Crippen LogP contribution >= 0.6 is 50.9 Å². The maximum absolute atomic E-state index is 5.76. The summed E-state index contributed by atoms with van der Waals surface area (Å²) in [5.74, 6) is 1.24. The Bertz CT molecular complexity index is 915. The van der Waals surface area contributed by atoms with Crippen LogP contribution in [0.2, 0.25) is 0 Å². The van der Waals surface area contributed by atoms with Crippen LogP contribution in [0.25, 0.3) is 11.0 Å². The van der Waals surface area contributed by atoms with E-state index in [1.807, 2.05) is 6.20 Å². The van der Waals surface area contributed by atoms with E-state index in [-0.39, 0.29) is 50.9 Å². The fraction of sp³-hybridized carbons (Fsp3) is 0.455. The molecule has 0 fully saturated rings. The Morgan fingerprint density at radius 3 is 2.70 bits per heavy atom. The van der Waals surface area contributed by atoms with E-state index in [2.05, 4.69) is 57.9 Å². The highest BCUT2D eigenvalue weighted by Gasteiger charge is 2.29. The normalized spacial score (nSPS) is 15.1. The maximum Gasteiger partial charge on any atom is 0.269 e. The third-order valence-corrected chi connectivity index (χ3v) is 5.81. The second kappa shape index (κ2) is 12.9. The number of nitrogens with one attached hydrogen (secondary N) is 1. The lowest BCUT2D eigenvalue weighted by Gasteiger charge is -2.34. The lowest BCUT2D eigenvalue weighted by atomic mass is 9.90. The van der Waals surface area contributed by atoms with Gasteiger partial charge in [0.25, 0.3) is 5.82 Å². The summed E-state index contributed by atoms with van der Waals surface area (Å²) in [7, 11) is 2.15. The molecule has 1 aromatic carbocycles. The monoisotopic (exact) mass is 604 g/mol. The van der Waals surface area contributed by atoms with Gasteiger partial charge in [-0.2, -0.15) is 0 Å². The van der Waals surface area contributed by atoms with E-state index in [0.717, 1.165) is 38.9 Å². The molecule has 0 amide bonds. The van der Waals surface area contributed by atoms with E-state index in [4.69, 9.17) is 10.7 Å². The highest BCUT2D eigenvalue weighted by Crippen LogP contribution is 2.33. The fourth-order valence-electron chi connectivity index (χ4n) is 4.34. The Kier molecular flexibility index (Phi) is 11.7. The van der Waals surface area contributed by atoms with Crippen LogP contribution in [0.5, 0.6) is 0 Å². The van der Waals surface area contributed by atoms with Gasteiger partial charge in [0.1, 0.15) is 6.54 Å². The summed E-state index contributed by atoms with van der Waals surface area (Å²) < 4.78 is 2.29. The van der Waals surface area contributed by atoms with Crippen LogP contribution in [0, 0.1) is 0 Å². The molecule has 0 saturated carbocycles. The van der Waals surface area contributed by atoms with Gasteiger partial charge in [0.05, 0.1) is 18.8 Å². The van der Waals surface area contributed by atoms with Gasteiger partial charge >= 0.3 is 0 Å². The number of rotatable bonds is 7. The molecule has 5 nitrogen and oxygen atoms in total. The molecule has 4 rings (SSSR count). The van der Waals surface area contributed by atoms with Crippen molar-refractivity contribution in [3.05, 3.63) is 59.7 Å². The first kappa shape index (κ1) is 27.2. The van der Waals surface area contributed by atoms with Gasteiger partial charge < -0.3 is 5.73 Å². The summed E-state index contributed by atoms with van der Waals surface area (Å²) >= 11 is 0. The number of aromatic amines is 1. The maximum atomic E-state index is 5.76. The third kappa shape index (κ3) is 5.91. The number of H-pyrrole nitrogens is 1. The van der Waals surface area contributed by atoms with Crippen molar-refractivity contribution in [2.24, 2.45) is 12.8 Å². The molecule has 1 unspecified atom stereocenters. The topological polar surface area (TPSA) is 61.8 Å². The van der Waals surface area contributed by atoms with Crippen molar-refractivity contribution in [1.82, 2.24) is 14.9 Å². The number of halogens is 3. The molecule has 166 valence electrons. The van der Waals surface area contributed by atoms with Crippen LogP contribution in [0.4, 0.5) is 0 Å². The summed E-state index contributed by atoms with van der Waals surface area (Å²) in [4.78, 5) is 11.0.